The number of hydrogen-bond acceptors (Lipinski definition) is 3. The maximum absolute atomic E-state index is 6.19. The second kappa shape index (κ2) is 5.36. The van der Waals surface area contributed by atoms with Crippen LogP contribution in [0.15, 0.2) is 23.7 Å². The Morgan fingerprint density at radius 2 is 2.18 bits per heavy atom. The third-order valence-electron chi connectivity index (χ3n) is 2.56. The highest BCUT2D eigenvalue weighted by atomic mass is 35.5. The number of aromatic nitrogens is 1. The molecule has 1 unspecified atom stereocenters. The molecule has 0 saturated carbocycles. The molecule has 0 spiro atoms. The number of nitrogens with zero attached hydrogens (tertiary/aromatic N) is 1. The van der Waals surface area contributed by atoms with Crippen molar-refractivity contribution in [3.8, 4) is 0 Å². The summed E-state index contributed by atoms with van der Waals surface area (Å²) in [5, 5.41) is 6.45. The van der Waals surface area contributed by atoms with Crippen molar-refractivity contribution in [2.75, 3.05) is 7.05 Å². The number of halogens is 2. The fourth-order valence-corrected chi connectivity index (χ4v) is 3.24. The Balaban J connectivity index is 2.46. The first-order valence-electron chi connectivity index (χ1n) is 5.15. The quantitative estimate of drug-likeness (QED) is 0.920. The van der Waals surface area contributed by atoms with E-state index in [1.165, 1.54) is 10.4 Å². The van der Waals surface area contributed by atoms with Crippen LogP contribution in [0.1, 0.15) is 22.2 Å². The molecule has 2 rings (SSSR count). The van der Waals surface area contributed by atoms with E-state index in [0.29, 0.717) is 10.0 Å². The lowest BCUT2D eigenvalue weighted by Crippen LogP contribution is -2.19. The van der Waals surface area contributed by atoms with E-state index in [0.717, 1.165) is 5.69 Å². The van der Waals surface area contributed by atoms with E-state index in [2.05, 4.69) is 28.7 Å². The Morgan fingerprint density at radius 3 is 2.71 bits per heavy atom. The van der Waals surface area contributed by atoms with Gasteiger partial charge in [-0.1, -0.05) is 23.2 Å². The molecular weight excluding hydrogens is 275 g/mol. The summed E-state index contributed by atoms with van der Waals surface area (Å²) >= 11 is 13.7. The molecule has 0 fully saturated rings. The highest BCUT2D eigenvalue weighted by Gasteiger charge is 2.19. The number of pyridine rings is 1. The van der Waals surface area contributed by atoms with Crippen molar-refractivity contribution in [3.05, 3.63) is 49.9 Å². The Kier molecular flexibility index (Phi) is 4.05. The zero-order valence-electron chi connectivity index (χ0n) is 9.50. The summed E-state index contributed by atoms with van der Waals surface area (Å²) in [6.45, 7) is 2.08. The van der Waals surface area contributed by atoms with Gasteiger partial charge in [0.1, 0.15) is 0 Å². The minimum Gasteiger partial charge on any atom is -0.307 e. The second-order valence-corrected chi connectivity index (χ2v) is 5.50. The monoisotopic (exact) mass is 286 g/mol. The van der Waals surface area contributed by atoms with Gasteiger partial charge in [0.25, 0.3) is 0 Å². The molecule has 0 saturated heterocycles. The van der Waals surface area contributed by atoms with Crippen LogP contribution in [0.3, 0.4) is 0 Å². The van der Waals surface area contributed by atoms with Crippen LogP contribution >= 0.6 is 34.5 Å². The molecule has 2 nitrogen and oxygen atoms in total. The van der Waals surface area contributed by atoms with Gasteiger partial charge in [-0.25, -0.2) is 0 Å². The summed E-state index contributed by atoms with van der Waals surface area (Å²) in [4.78, 5) is 5.55. The van der Waals surface area contributed by atoms with E-state index in [-0.39, 0.29) is 6.04 Å². The molecule has 1 atom stereocenters. The van der Waals surface area contributed by atoms with Gasteiger partial charge in [0, 0.05) is 11.1 Å². The van der Waals surface area contributed by atoms with Crippen LogP contribution in [-0.4, -0.2) is 12.0 Å². The molecule has 0 aliphatic carbocycles. The third kappa shape index (κ3) is 2.63. The van der Waals surface area contributed by atoms with Gasteiger partial charge >= 0.3 is 0 Å². The van der Waals surface area contributed by atoms with Crippen molar-refractivity contribution in [1.82, 2.24) is 10.3 Å². The van der Waals surface area contributed by atoms with Crippen LogP contribution in [0, 0.1) is 6.92 Å². The Hall–Kier alpha value is -0.610. The zero-order chi connectivity index (χ0) is 12.4. The van der Waals surface area contributed by atoms with Crippen LogP contribution in [0.2, 0.25) is 10.0 Å². The summed E-state index contributed by atoms with van der Waals surface area (Å²) in [5.74, 6) is 0. The lowest BCUT2D eigenvalue weighted by molar-refractivity contribution is 0.679. The summed E-state index contributed by atoms with van der Waals surface area (Å²) in [6, 6.07) is 3.83. The van der Waals surface area contributed by atoms with Gasteiger partial charge in [0.15, 0.2) is 0 Å². The van der Waals surface area contributed by atoms with Gasteiger partial charge in [0.05, 0.1) is 21.8 Å². The van der Waals surface area contributed by atoms with Gasteiger partial charge in [-0.3, -0.25) is 4.98 Å². The van der Waals surface area contributed by atoms with Crippen LogP contribution < -0.4 is 5.32 Å². The van der Waals surface area contributed by atoms with Gasteiger partial charge in [0.2, 0.25) is 0 Å². The molecule has 5 heteroatoms. The van der Waals surface area contributed by atoms with Gasteiger partial charge < -0.3 is 5.32 Å². The maximum atomic E-state index is 6.19. The van der Waals surface area contributed by atoms with Crippen molar-refractivity contribution < 1.29 is 0 Å². The molecule has 2 heterocycles. The van der Waals surface area contributed by atoms with E-state index in [1.54, 1.807) is 23.6 Å². The van der Waals surface area contributed by atoms with Crippen LogP contribution in [0.25, 0.3) is 0 Å². The smallest absolute Gasteiger partial charge is 0.0860 e. The molecule has 0 bridgehead atoms. The highest BCUT2D eigenvalue weighted by Crippen LogP contribution is 2.32. The molecule has 0 aliphatic heterocycles. The average molecular weight is 287 g/mol. The zero-order valence-corrected chi connectivity index (χ0v) is 11.8. The molecule has 90 valence electrons. The molecular formula is C12H12Cl2N2S. The summed E-state index contributed by atoms with van der Waals surface area (Å²) < 4.78 is 0. The molecule has 2 aromatic heterocycles. The largest absolute Gasteiger partial charge is 0.307 e. The van der Waals surface area contributed by atoms with Crippen molar-refractivity contribution >= 4 is 34.5 Å². The third-order valence-corrected chi connectivity index (χ3v) is 4.16. The molecule has 0 aliphatic rings. The number of thiophene rings is 1. The summed E-state index contributed by atoms with van der Waals surface area (Å²) in [5.41, 5.74) is 2.05. The standard InChI is InChI=1S/C12H12Cl2N2S/c1-7-3-4-17-12(7)11(15-2)10-9(14)5-8(13)6-16-10/h3-6,11,15H,1-2H3. The first-order chi connectivity index (χ1) is 8.13. The molecule has 0 radical (unpaired) electrons. The average Bonchev–Trinajstić information content (AvgIpc) is 2.69. The number of hydrogen-bond donors (Lipinski definition) is 1. The van der Waals surface area contributed by atoms with Crippen molar-refractivity contribution in [1.29, 1.82) is 0 Å². The normalized spacial score (nSPS) is 12.7. The molecule has 17 heavy (non-hydrogen) atoms. The Labute approximate surface area is 115 Å². The van der Waals surface area contributed by atoms with E-state index < -0.39 is 0 Å². The number of aryl methyl sites for hydroxylation is 1. The highest BCUT2D eigenvalue weighted by molar-refractivity contribution is 7.10. The van der Waals surface area contributed by atoms with E-state index >= 15 is 0 Å². The first-order valence-corrected chi connectivity index (χ1v) is 6.79. The Morgan fingerprint density at radius 1 is 1.41 bits per heavy atom. The van der Waals surface area contributed by atoms with Crippen LogP contribution in [0.5, 0.6) is 0 Å². The second-order valence-electron chi connectivity index (χ2n) is 3.71. The van der Waals surface area contributed by atoms with Gasteiger partial charge in [-0.15, -0.1) is 11.3 Å². The van der Waals surface area contributed by atoms with Crippen molar-refractivity contribution in [3.63, 3.8) is 0 Å². The van der Waals surface area contributed by atoms with Crippen molar-refractivity contribution in [2.45, 2.75) is 13.0 Å². The minimum absolute atomic E-state index is 0.0137. The topological polar surface area (TPSA) is 24.9 Å². The molecule has 0 amide bonds. The SMILES string of the molecule is CNC(c1ncc(Cl)cc1Cl)c1sccc1C. The fraction of sp³-hybridized carbons (Fsp3) is 0.250. The van der Waals surface area contributed by atoms with Gasteiger partial charge in [-0.05, 0) is 37.0 Å². The fourth-order valence-electron chi connectivity index (χ4n) is 1.71. The lowest BCUT2D eigenvalue weighted by Gasteiger charge is -2.16. The minimum atomic E-state index is 0.0137. The number of nitrogens with one attached hydrogen (secondary N) is 1. The van der Waals surface area contributed by atoms with Gasteiger partial charge in [-0.2, -0.15) is 0 Å². The van der Waals surface area contributed by atoms with E-state index in [4.69, 9.17) is 23.2 Å². The van der Waals surface area contributed by atoms with E-state index in [9.17, 15) is 0 Å². The number of rotatable bonds is 3. The van der Waals surface area contributed by atoms with E-state index in [1.807, 2.05) is 7.05 Å². The molecule has 0 aromatic carbocycles. The predicted octanol–water partition coefficient (Wildman–Crippen LogP) is 4.07. The maximum Gasteiger partial charge on any atom is 0.0860 e. The van der Waals surface area contributed by atoms with Crippen molar-refractivity contribution in [2.24, 2.45) is 0 Å². The van der Waals surface area contributed by atoms with Crippen LogP contribution in [0.4, 0.5) is 0 Å². The Bertz CT molecular complexity index is 525. The summed E-state index contributed by atoms with van der Waals surface area (Å²) in [6.07, 6.45) is 1.62. The molecule has 1 N–H and O–H groups in total. The van der Waals surface area contributed by atoms with Crippen LogP contribution in [-0.2, 0) is 0 Å². The first kappa shape index (κ1) is 12.8. The summed E-state index contributed by atoms with van der Waals surface area (Å²) in [7, 11) is 1.90. The predicted molar refractivity (Wildman–Crippen MR) is 74.2 cm³/mol. The lowest BCUT2D eigenvalue weighted by atomic mass is 10.1. The molecule has 2 aromatic rings.